The Morgan fingerprint density at radius 2 is 1.81 bits per heavy atom. The summed E-state index contributed by atoms with van der Waals surface area (Å²) in [4.78, 5) is 22.6. The standard InChI is InChI=1S/C16H21NO4/c1-15(2,3)21-14(20)17-16(8-9-16)12-6-4-11(5-7-12)10-13(18)19/h4-7H,8-10H2,1-3H3,(H,17,20)(H,18,19). The van der Waals surface area contributed by atoms with Crippen LogP contribution in [0.2, 0.25) is 0 Å². The van der Waals surface area contributed by atoms with E-state index in [4.69, 9.17) is 9.84 Å². The third-order valence-electron chi connectivity index (χ3n) is 3.35. The van der Waals surface area contributed by atoms with Gasteiger partial charge in [-0.15, -0.1) is 0 Å². The van der Waals surface area contributed by atoms with E-state index in [0.29, 0.717) is 0 Å². The molecule has 5 heteroatoms. The predicted molar refractivity (Wildman–Crippen MR) is 78.1 cm³/mol. The number of rotatable bonds is 4. The van der Waals surface area contributed by atoms with Gasteiger partial charge in [-0.3, -0.25) is 4.79 Å². The maximum absolute atomic E-state index is 11.9. The molecule has 21 heavy (non-hydrogen) atoms. The fourth-order valence-corrected chi connectivity index (χ4v) is 2.23. The van der Waals surface area contributed by atoms with Crippen LogP contribution in [0.5, 0.6) is 0 Å². The zero-order chi connectivity index (χ0) is 15.7. The zero-order valence-electron chi connectivity index (χ0n) is 12.6. The third kappa shape index (κ3) is 4.21. The van der Waals surface area contributed by atoms with Gasteiger partial charge in [0.05, 0.1) is 12.0 Å². The maximum atomic E-state index is 11.9. The average molecular weight is 291 g/mol. The molecule has 2 rings (SSSR count). The lowest BCUT2D eigenvalue weighted by molar-refractivity contribution is -0.136. The van der Waals surface area contributed by atoms with Crippen LogP contribution in [0.25, 0.3) is 0 Å². The van der Waals surface area contributed by atoms with Crippen LogP contribution in [-0.2, 0) is 21.5 Å². The second-order valence-electron chi connectivity index (χ2n) is 6.48. The molecule has 1 saturated carbocycles. The van der Waals surface area contributed by atoms with E-state index in [2.05, 4.69) is 5.32 Å². The van der Waals surface area contributed by atoms with Gasteiger partial charge in [0.25, 0.3) is 0 Å². The Kier molecular flexibility index (Phi) is 3.94. The first kappa shape index (κ1) is 15.4. The first-order valence-corrected chi connectivity index (χ1v) is 7.03. The second-order valence-corrected chi connectivity index (χ2v) is 6.48. The van der Waals surface area contributed by atoms with Crippen molar-refractivity contribution in [3.05, 3.63) is 35.4 Å². The number of carbonyl (C=O) groups excluding carboxylic acids is 1. The third-order valence-corrected chi connectivity index (χ3v) is 3.35. The van der Waals surface area contributed by atoms with Crippen molar-refractivity contribution in [2.24, 2.45) is 0 Å². The number of alkyl carbamates (subject to hydrolysis) is 1. The number of carboxylic acids is 1. The molecule has 0 heterocycles. The van der Waals surface area contributed by atoms with Gasteiger partial charge in [-0.1, -0.05) is 24.3 Å². The number of ether oxygens (including phenoxy) is 1. The van der Waals surface area contributed by atoms with Crippen LogP contribution < -0.4 is 5.32 Å². The van der Waals surface area contributed by atoms with Gasteiger partial charge in [0, 0.05) is 0 Å². The van der Waals surface area contributed by atoms with Gasteiger partial charge in [0.1, 0.15) is 5.60 Å². The number of hydrogen-bond donors (Lipinski definition) is 2. The molecular formula is C16H21NO4. The van der Waals surface area contributed by atoms with Gasteiger partial charge in [-0.2, -0.15) is 0 Å². The van der Waals surface area contributed by atoms with Gasteiger partial charge < -0.3 is 15.2 Å². The number of hydrogen-bond acceptors (Lipinski definition) is 3. The SMILES string of the molecule is CC(C)(C)OC(=O)NC1(c2ccc(CC(=O)O)cc2)CC1. The molecule has 0 aromatic heterocycles. The zero-order valence-corrected chi connectivity index (χ0v) is 12.6. The Bertz CT molecular complexity index is 538. The van der Waals surface area contributed by atoms with Crippen LogP contribution in [-0.4, -0.2) is 22.8 Å². The molecule has 0 unspecified atom stereocenters. The smallest absolute Gasteiger partial charge is 0.408 e. The minimum absolute atomic E-state index is 0.00672. The van der Waals surface area contributed by atoms with Gasteiger partial charge in [-0.05, 0) is 44.7 Å². The molecule has 0 saturated heterocycles. The molecular weight excluding hydrogens is 270 g/mol. The summed E-state index contributed by atoms with van der Waals surface area (Å²) >= 11 is 0. The van der Waals surface area contributed by atoms with Crippen LogP contribution >= 0.6 is 0 Å². The summed E-state index contributed by atoms with van der Waals surface area (Å²) in [7, 11) is 0. The molecule has 0 aliphatic heterocycles. The van der Waals surface area contributed by atoms with Crippen molar-refractivity contribution in [1.82, 2.24) is 5.32 Å². The highest BCUT2D eigenvalue weighted by Gasteiger charge is 2.46. The van der Waals surface area contributed by atoms with E-state index in [1.165, 1.54) is 0 Å². The van der Waals surface area contributed by atoms with Crippen LogP contribution in [0.1, 0.15) is 44.7 Å². The van der Waals surface area contributed by atoms with E-state index in [9.17, 15) is 9.59 Å². The van der Waals surface area contributed by atoms with E-state index in [1.54, 1.807) is 12.1 Å². The molecule has 0 bridgehead atoms. The molecule has 1 aromatic rings. The van der Waals surface area contributed by atoms with Crippen LogP contribution in [0.3, 0.4) is 0 Å². The van der Waals surface area contributed by atoms with Crippen LogP contribution in [0.4, 0.5) is 4.79 Å². The number of carbonyl (C=O) groups is 2. The Balaban J connectivity index is 2.03. The van der Waals surface area contributed by atoms with Gasteiger partial charge in [-0.25, -0.2) is 4.79 Å². The van der Waals surface area contributed by atoms with Crippen LogP contribution in [0.15, 0.2) is 24.3 Å². The Hall–Kier alpha value is -2.04. The first-order valence-electron chi connectivity index (χ1n) is 7.03. The molecule has 1 aliphatic rings. The molecule has 114 valence electrons. The van der Waals surface area contributed by atoms with E-state index in [1.807, 2.05) is 32.9 Å². The fourth-order valence-electron chi connectivity index (χ4n) is 2.23. The Labute approximate surface area is 124 Å². The summed E-state index contributed by atoms with van der Waals surface area (Å²) < 4.78 is 5.28. The number of carboxylic acid groups (broad SMARTS) is 1. The van der Waals surface area contributed by atoms with Crippen molar-refractivity contribution in [3.8, 4) is 0 Å². The largest absolute Gasteiger partial charge is 0.481 e. The van der Waals surface area contributed by atoms with Crippen molar-refractivity contribution in [3.63, 3.8) is 0 Å². The highest BCUT2D eigenvalue weighted by atomic mass is 16.6. The summed E-state index contributed by atoms with van der Waals surface area (Å²) in [5.74, 6) is -0.851. The van der Waals surface area contributed by atoms with Gasteiger partial charge in [0.2, 0.25) is 0 Å². The highest BCUT2D eigenvalue weighted by molar-refractivity contribution is 5.71. The lowest BCUT2D eigenvalue weighted by Gasteiger charge is -2.23. The topological polar surface area (TPSA) is 75.6 Å². The molecule has 0 radical (unpaired) electrons. The number of amides is 1. The van der Waals surface area contributed by atoms with Crippen LogP contribution in [0, 0.1) is 0 Å². The molecule has 5 nitrogen and oxygen atoms in total. The maximum Gasteiger partial charge on any atom is 0.408 e. The summed E-state index contributed by atoms with van der Waals surface area (Å²) in [6.45, 7) is 5.48. The van der Waals surface area contributed by atoms with Crippen molar-refractivity contribution in [1.29, 1.82) is 0 Å². The summed E-state index contributed by atoms with van der Waals surface area (Å²) in [6, 6.07) is 7.34. The molecule has 0 atom stereocenters. The molecule has 0 spiro atoms. The fraction of sp³-hybridized carbons (Fsp3) is 0.500. The molecule has 1 aliphatic carbocycles. The Morgan fingerprint density at radius 3 is 2.24 bits per heavy atom. The molecule has 2 N–H and O–H groups in total. The minimum Gasteiger partial charge on any atom is -0.481 e. The van der Waals surface area contributed by atoms with Gasteiger partial charge in [0.15, 0.2) is 0 Å². The number of aliphatic carboxylic acids is 1. The average Bonchev–Trinajstić information content (AvgIpc) is 3.07. The lowest BCUT2D eigenvalue weighted by Crippen LogP contribution is -2.39. The van der Waals surface area contributed by atoms with E-state index in [0.717, 1.165) is 24.0 Å². The van der Waals surface area contributed by atoms with Crippen molar-refractivity contribution in [2.75, 3.05) is 0 Å². The lowest BCUT2D eigenvalue weighted by atomic mass is 10.0. The molecule has 1 aromatic carbocycles. The second kappa shape index (κ2) is 5.39. The van der Waals surface area contributed by atoms with Crippen molar-refractivity contribution in [2.45, 2.75) is 51.2 Å². The van der Waals surface area contributed by atoms with Gasteiger partial charge >= 0.3 is 12.1 Å². The first-order chi connectivity index (χ1) is 9.70. The summed E-state index contributed by atoms with van der Waals surface area (Å²) in [5.41, 5.74) is 0.858. The number of nitrogens with one attached hydrogen (secondary N) is 1. The highest BCUT2D eigenvalue weighted by Crippen LogP contribution is 2.45. The molecule has 1 fully saturated rings. The predicted octanol–water partition coefficient (Wildman–Crippen LogP) is 2.83. The number of benzene rings is 1. The van der Waals surface area contributed by atoms with Crippen molar-refractivity contribution >= 4 is 12.1 Å². The van der Waals surface area contributed by atoms with E-state index >= 15 is 0 Å². The normalized spacial score (nSPS) is 16.1. The quantitative estimate of drug-likeness (QED) is 0.894. The van der Waals surface area contributed by atoms with Crippen molar-refractivity contribution < 1.29 is 19.4 Å². The van der Waals surface area contributed by atoms with E-state index < -0.39 is 17.7 Å². The summed E-state index contributed by atoms with van der Waals surface area (Å²) in [6.07, 6.45) is 1.32. The minimum atomic E-state index is -0.851. The molecule has 1 amide bonds. The monoisotopic (exact) mass is 291 g/mol. The summed E-state index contributed by atoms with van der Waals surface area (Å²) in [5, 5.41) is 11.7. The van der Waals surface area contributed by atoms with E-state index in [-0.39, 0.29) is 12.0 Å². The Morgan fingerprint density at radius 1 is 1.24 bits per heavy atom.